The van der Waals surface area contributed by atoms with Gasteiger partial charge in [0.1, 0.15) is 0 Å². The molecule has 3 heteroatoms. The third kappa shape index (κ3) is 5.92. The van der Waals surface area contributed by atoms with Crippen molar-refractivity contribution < 1.29 is 9.53 Å². The van der Waals surface area contributed by atoms with Crippen LogP contribution in [0.2, 0.25) is 0 Å². The first-order chi connectivity index (χ1) is 5.33. The molecule has 0 saturated carbocycles. The lowest BCUT2D eigenvalue weighted by atomic mass is 10.2. The molecular formula is C9H17NO2. The molecule has 0 atom stereocenters. The van der Waals surface area contributed by atoms with E-state index in [-0.39, 0.29) is 5.60 Å². The summed E-state index contributed by atoms with van der Waals surface area (Å²) < 4.78 is 5.37. The van der Waals surface area contributed by atoms with Gasteiger partial charge in [-0.15, -0.1) is 0 Å². The number of carbonyl (C=O) groups excluding carboxylic acids is 1. The second-order valence-corrected chi connectivity index (χ2v) is 3.67. The summed E-state index contributed by atoms with van der Waals surface area (Å²) in [6.45, 7) is 7.98. The fraction of sp³-hybridized carbons (Fsp3) is 0.667. The van der Waals surface area contributed by atoms with Gasteiger partial charge >= 0.3 is 0 Å². The Bertz CT molecular complexity index is 189. The predicted octanol–water partition coefficient (Wildman–Crippen LogP) is 1.23. The minimum absolute atomic E-state index is 0.172. The largest absolute Gasteiger partial charge is 0.372 e. The summed E-state index contributed by atoms with van der Waals surface area (Å²) in [6.07, 6.45) is 1.69. The first-order valence-corrected chi connectivity index (χ1v) is 3.93. The van der Waals surface area contributed by atoms with Crippen molar-refractivity contribution in [3.05, 3.63) is 11.6 Å². The van der Waals surface area contributed by atoms with Crippen molar-refractivity contribution >= 4 is 5.91 Å². The third-order valence-electron chi connectivity index (χ3n) is 1.29. The molecule has 1 amide bonds. The lowest BCUT2D eigenvalue weighted by Crippen LogP contribution is -2.20. The topological polar surface area (TPSA) is 52.3 Å². The second-order valence-electron chi connectivity index (χ2n) is 3.67. The Balaban J connectivity index is 3.83. The maximum atomic E-state index is 10.6. The molecule has 0 aromatic rings. The molecule has 0 saturated heterocycles. The van der Waals surface area contributed by atoms with Gasteiger partial charge < -0.3 is 10.5 Å². The van der Waals surface area contributed by atoms with Gasteiger partial charge in [0.15, 0.2) is 0 Å². The Morgan fingerprint density at radius 2 is 2.00 bits per heavy atom. The van der Waals surface area contributed by atoms with Gasteiger partial charge in [0.05, 0.1) is 12.2 Å². The molecule has 0 aliphatic carbocycles. The standard InChI is InChI=1S/C9H17NO2/c1-7(8(10)11)5-6-12-9(2,3)4/h5H,6H2,1-4H3,(H2,10,11)/b7-5+. The quantitative estimate of drug-likeness (QED) is 0.649. The molecule has 0 aromatic carbocycles. The molecule has 0 unspecified atom stereocenters. The van der Waals surface area contributed by atoms with Crippen LogP contribution in [0.4, 0.5) is 0 Å². The van der Waals surface area contributed by atoms with Crippen LogP contribution >= 0.6 is 0 Å². The van der Waals surface area contributed by atoms with E-state index in [9.17, 15) is 4.79 Å². The van der Waals surface area contributed by atoms with E-state index in [4.69, 9.17) is 10.5 Å². The Kier molecular flexibility index (Phi) is 3.96. The maximum absolute atomic E-state index is 10.6. The van der Waals surface area contributed by atoms with Gasteiger partial charge in [-0.25, -0.2) is 0 Å². The SMILES string of the molecule is C/C(=C\COC(C)(C)C)C(N)=O. The fourth-order valence-electron chi connectivity index (χ4n) is 0.517. The Morgan fingerprint density at radius 3 is 2.33 bits per heavy atom. The molecule has 0 bridgehead atoms. The normalized spacial score (nSPS) is 13.2. The molecule has 70 valence electrons. The van der Waals surface area contributed by atoms with Gasteiger partial charge in [0, 0.05) is 5.57 Å². The summed E-state index contributed by atoms with van der Waals surface area (Å²) in [4.78, 5) is 10.6. The average molecular weight is 171 g/mol. The molecule has 0 heterocycles. The molecule has 0 aromatic heterocycles. The van der Waals surface area contributed by atoms with E-state index in [1.807, 2.05) is 20.8 Å². The van der Waals surface area contributed by atoms with Crippen LogP contribution in [0.5, 0.6) is 0 Å². The van der Waals surface area contributed by atoms with E-state index in [1.165, 1.54) is 0 Å². The molecule has 0 aliphatic rings. The number of hydrogen-bond acceptors (Lipinski definition) is 2. The predicted molar refractivity (Wildman–Crippen MR) is 48.7 cm³/mol. The Labute approximate surface area is 73.6 Å². The average Bonchev–Trinajstić information content (AvgIpc) is 1.84. The summed E-state index contributed by atoms with van der Waals surface area (Å²) in [6, 6.07) is 0. The molecule has 0 aliphatic heterocycles. The first-order valence-electron chi connectivity index (χ1n) is 3.93. The van der Waals surface area contributed by atoms with Crippen LogP contribution in [0.15, 0.2) is 11.6 Å². The van der Waals surface area contributed by atoms with Gasteiger partial charge in [-0.3, -0.25) is 4.79 Å². The number of nitrogens with two attached hydrogens (primary N) is 1. The molecular weight excluding hydrogens is 154 g/mol. The molecule has 2 N–H and O–H groups in total. The Morgan fingerprint density at radius 1 is 1.50 bits per heavy atom. The van der Waals surface area contributed by atoms with E-state index in [0.29, 0.717) is 12.2 Å². The van der Waals surface area contributed by atoms with Crippen molar-refractivity contribution in [2.45, 2.75) is 33.3 Å². The van der Waals surface area contributed by atoms with Gasteiger partial charge in [0.2, 0.25) is 5.91 Å². The Hall–Kier alpha value is -0.830. The van der Waals surface area contributed by atoms with Crippen LogP contribution in [-0.2, 0) is 9.53 Å². The van der Waals surface area contributed by atoms with Crippen LogP contribution < -0.4 is 5.73 Å². The fourth-order valence-corrected chi connectivity index (χ4v) is 0.517. The van der Waals surface area contributed by atoms with Gasteiger partial charge in [-0.1, -0.05) is 6.08 Å². The van der Waals surface area contributed by atoms with Crippen molar-refractivity contribution in [3.8, 4) is 0 Å². The lowest BCUT2D eigenvalue weighted by molar-refractivity contribution is -0.114. The van der Waals surface area contributed by atoms with Crippen LogP contribution in [0.1, 0.15) is 27.7 Å². The van der Waals surface area contributed by atoms with E-state index < -0.39 is 5.91 Å². The van der Waals surface area contributed by atoms with Crippen molar-refractivity contribution in [1.29, 1.82) is 0 Å². The van der Waals surface area contributed by atoms with Crippen molar-refractivity contribution in [1.82, 2.24) is 0 Å². The zero-order valence-corrected chi connectivity index (χ0v) is 8.18. The molecule has 12 heavy (non-hydrogen) atoms. The summed E-state index contributed by atoms with van der Waals surface area (Å²) in [5.41, 5.74) is 5.39. The van der Waals surface area contributed by atoms with Crippen LogP contribution in [0.25, 0.3) is 0 Å². The van der Waals surface area contributed by atoms with Crippen molar-refractivity contribution in [2.75, 3.05) is 6.61 Å². The number of amides is 1. The monoisotopic (exact) mass is 171 g/mol. The van der Waals surface area contributed by atoms with Crippen molar-refractivity contribution in [3.63, 3.8) is 0 Å². The number of carbonyl (C=O) groups is 1. The number of primary amides is 1. The van der Waals surface area contributed by atoms with E-state index >= 15 is 0 Å². The van der Waals surface area contributed by atoms with Crippen LogP contribution in [-0.4, -0.2) is 18.1 Å². The molecule has 0 spiro atoms. The molecule has 0 radical (unpaired) electrons. The summed E-state index contributed by atoms with van der Waals surface area (Å²) in [5, 5.41) is 0. The number of rotatable bonds is 3. The lowest BCUT2D eigenvalue weighted by Gasteiger charge is -2.18. The van der Waals surface area contributed by atoms with Gasteiger partial charge in [-0.2, -0.15) is 0 Å². The highest BCUT2D eigenvalue weighted by Gasteiger charge is 2.08. The highest BCUT2D eigenvalue weighted by Crippen LogP contribution is 2.06. The van der Waals surface area contributed by atoms with Gasteiger partial charge in [-0.05, 0) is 27.7 Å². The van der Waals surface area contributed by atoms with E-state index in [0.717, 1.165) is 0 Å². The summed E-state index contributed by atoms with van der Waals surface area (Å²) in [5.74, 6) is -0.396. The van der Waals surface area contributed by atoms with E-state index in [1.54, 1.807) is 13.0 Å². The van der Waals surface area contributed by atoms with Crippen molar-refractivity contribution in [2.24, 2.45) is 5.73 Å². The minimum atomic E-state index is -0.396. The molecule has 3 nitrogen and oxygen atoms in total. The molecule has 0 fully saturated rings. The second kappa shape index (κ2) is 4.26. The third-order valence-corrected chi connectivity index (χ3v) is 1.29. The zero-order chi connectivity index (χ0) is 9.78. The highest BCUT2D eigenvalue weighted by molar-refractivity contribution is 5.91. The first kappa shape index (κ1) is 11.2. The smallest absolute Gasteiger partial charge is 0.244 e. The zero-order valence-electron chi connectivity index (χ0n) is 8.18. The summed E-state index contributed by atoms with van der Waals surface area (Å²) in [7, 11) is 0. The summed E-state index contributed by atoms with van der Waals surface area (Å²) >= 11 is 0. The highest BCUT2D eigenvalue weighted by atomic mass is 16.5. The van der Waals surface area contributed by atoms with Crippen LogP contribution in [0.3, 0.4) is 0 Å². The number of ether oxygens (including phenoxy) is 1. The number of hydrogen-bond donors (Lipinski definition) is 1. The molecule has 0 rings (SSSR count). The minimum Gasteiger partial charge on any atom is -0.372 e. The maximum Gasteiger partial charge on any atom is 0.244 e. The van der Waals surface area contributed by atoms with Gasteiger partial charge in [0.25, 0.3) is 0 Å². The van der Waals surface area contributed by atoms with E-state index in [2.05, 4.69) is 0 Å². The van der Waals surface area contributed by atoms with Crippen LogP contribution in [0, 0.1) is 0 Å².